The van der Waals surface area contributed by atoms with Crippen molar-refractivity contribution in [3.8, 4) is 0 Å². The zero-order valence-corrected chi connectivity index (χ0v) is 26.9. The maximum atomic E-state index is 6.29. The highest BCUT2D eigenvalue weighted by molar-refractivity contribution is 5.16. The summed E-state index contributed by atoms with van der Waals surface area (Å²) in [7, 11) is 0. The fourth-order valence-corrected chi connectivity index (χ4v) is 6.86. The van der Waals surface area contributed by atoms with Crippen LogP contribution in [0.4, 0.5) is 0 Å². The van der Waals surface area contributed by atoms with Gasteiger partial charge < -0.3 is 18.9 Å². The number of nitrogens with zero attached hydrogens (tertiary/aromatic N) is 4. The topological polar surface area (TPSA) is 49.9 Å². The van der Waals surface area contributed by atoms with E-state index in [9.17, 15) is 0 Å². The molecule has 0 spiro atoms. The van der Waals surface area contributed by atoms with E-state index < -0.39 is 0 Å². The summed E-state index contributed by atoms with van der Waals surface area (Å²) in [5.74, 6) is 0.993. The number of benzene rings is 2. The Bertz CT molecular complexity index is 870. The molecule has 0 amide bonds. The van der Waals surface area contributed by atoms with Crippen LogP contribution >= 0.6 is 0 Å². The molecule has 0 N–H and O–H groups in total. The van der Waals surface area contributed by atoms with Crippen LogP contribution in [-0.4, -0.2) is 151 Å². The summed E-state index contributed by atoms with van der Waals surface area (Å²) in [5, 5.41) is 0. The van der Waals surface area contributed by atoms with Gasteiger partial charge in [-0.2, -0.15) is 0 Å². The second-order valence-corrected chi connectivity index (χ2v) is 12.8. The van der Waals surface area contributed by atoms with Crippen molar-refractivity contribution in [2.24, 2.45) is 11.8 Å². The van der Waals surface area contributed by atoms with Crippen LogP contribution < -0.4 is 0 Å². The molecule has 0 aliphatic carbocycles. The minimum Gasteiger partial charge on any atom is -0.379 e. The normalized spacial score (nSPS) is 31.0. The molecule has 0 aromatic heterocycles. The number of ether oxygens (including phenoxy) is 4. The molecule has 6 aliphatic heterocycles. The van der Waals surface area contributed by atoms with Crippen molar-refractivity contribution in [3.05, 3.63) is 71.8 Å². The Hall–Kier alpha value is -1.88. The molecule has 8 rings (SSSR count). The monoisotopic (exact) mass is 608 g/mol. The van der Waals surface area contributed by atoms with E-state index in [0.29, 0.717) is 11.8 Å². The molecule has 6 fully saturated rings. The summed E-state index contributed by atoms with van der Waals surface area (Å²) < 4.78 is 25.2. The van der Waals surface area contributed by atoms with Gasteiger partial charge >= 0.3 is 0 Å². The van der Waals surface area contributed by atoms with E-state index in [2.05, 4.69) is 80.3 Å². The summed E-state index contributed by atoms with van der Waals surface area (Å²) in [6, 6.07) is 21.9. The van der Waals surface area contributed by atoms with E-state index in [-0.39, 0.29) is 0 Å². The van der Waals surface area contributed by atoms with Crippen molar-refractivity contribution in [2.75, 3.05) is 131 Å². The Labute approximate surface area is 266 Å². The Kier molecular flexibility index (Phi) is 14.9. The van der Waals surface area contributed by atoms with Crippen LogP contribution in [0.15, 0.2) is 60.7 Å². The minimum atomic E-state index is 0.497. The van der Waals surface area contributed by atoms with E-state index in [1.807, 2.05) is 0 Å². The highest BCUT2D eigenvalue weighted by Crippen LogP contribution is 2.16. The van der Waals surface area contributed by atoms with E-state index >= 15 is 0 Å². The van der Waals surface area contributed by atoms with Crippen molar-refractivity contribution < 1.29 is 18.9 Å². The molecule has 8 nitrogen and oxygen atoms in total. The van der Waals surface area contributed by atoms with E-state index in [4.69, 9.17) is 18.9 Å². The number of hydrogen-bond acceptors (Lipinski definition) is 8. The molecule has 0 atom stereocenters. The molecule has 0 saturated carbocycles. The third-order valence-electron chi connectivity index (χ3n) is 9.21. The SMILES string of the molecule is c1ccc(CC2CN3CCOCCN(CCOCC3)CC(Cc3ccccc3)CN3CCOCCN(CCOCC3)C2)cc1. The van der Waals surface area contributed by atoms with Crippen LogP contribution in [0, 0.1) is 11.8 Å². The molecule has 6 saturated heterocycles. The molecule has 2 aromatic rings. The Morgan fingerprint density at radius 3 is 0.886 bits per heavy atom. The lowest BCUT2D eigenvalue weighted by atomic mass is 9.97. The summed E-state index contributed by atoms with van der Waals surface area (Å²) >= 11 is 0. The van der Waals surface area contributed by atoms with Crippen molar-refractivity contribution >= 4 is 0 Å². The highest BCUT2D eigenvalue weighted by Gasteiger charge is 2.22. The largest absolute Gasteiger partial charge is 0.379 e. The lowest BCUT2D eigenvalue weighted by Crippen LogP contribution is -2.45. The van der Waals surface area contributed by atoms with Crippen molar-refractivity contribution in [3.63, 3.8) is 0 Å². The van der Waals surface area contributed by atoms with Gasteiger partial charge in [-0.05, 0) is 35.8 Å². The Morgan fingerprint density at radius 2 is 0.636 bits per heavy atom. The van der Waals surface area contributed by atoms with Gasteiger partial charge in [-0.1, -0.05) is 60.7 Å². The van der Waals surface area contributed by atoms with Crippen molar-refractivity contribution in [1.29, 1.82) is 0 Å². The van der Waals surface area contributed by atoms with Gasteiger partial charge in [0.15, 0.2) is 0 Å². The third-order valence-corrected chi connectivity index (χ3v) is 9.21. The van der Waals surface area contributed by atoms with E-state index in [0.717, 1.165) is 144 Å². The van der Waals surface area contributed by atoms with Crippen molar-refractivity contribution in [2.45, 2.75) is 12.8 Å². The summed E-state index contributed by atoms with van der Waals surface area (Å²) in [6.45, 7) is 17.7. The van der Waals surface area contributed by atoms with E-state index in [1.54, 1.807) is 0 Å². The quantitative estimate of drug-likeness (QED) is 0.526. The first-order chi connectivity index (χ1) is 21.8. The van der Waals surface area contributed by atoms with Gasteiger partial charge in [0.25, 0.3) is 0 Å². The fraction of sp³-hybridized carbons (Fsp3) is 0.667. The molecular formula is C36H56N4O4. The maximum Gasteiger partial charge on any atom is 0.0594 e. The van der Waals surface area contributed by atoms with E-state index in [1.165, 1.54) is 11.1 Å². The first-order valence-corrected chi connectivity index (χ1v) is 17.1. The Morgan fingerprint density at radius 1 is 0.386 bits per heavy atom. The molecule has 244 valence electrons. The number of rotatable bonds is 4. The van der Waals surface area contributed by atoms with Crippen LogP contribution in [0.25, 0.3) is 0 Å². The minimum absolute atomic E-state index is 0.497. The second-order valence-electron chi connectivity index (χ2n) is 12.8. The highest BCUT2D eigenvalue weighted by atomic mass is 16.5. The van der Waals surface area contributed by atoms with Crippen LogP contribution in [0.2, 0.25) is 0 Å². The standard InChI is InChI=1S/C36H56N4O4/c1-3-7-33(8-4-1)27-35-29-37-11-19-41-23-15-39(16-24-42-20-12-37)31-36(28-34-9-5-2-6-10-34)32-40-17-25-43-21-13-38(30-35)14-22-44-26-18-40/h1-10,35-36H,11-32H2. The first kappa shape index (κ1) is 33.5. The smallest absolute Gasteiger partial charge is 0.0594 e. The van der Waals surface area contributed by atoms with Crippen LogP contribution in [-0.2, 0) is 31.8 Å². The van der Waals surface area contributed by atoms with Gasteiger partial charge in [-0.25, -0.2) is 0 Å². The summed E-state index contributed by atoms with van der Waals surface area (Å²) in [5.41, 5.74) is 2.81. The number of hydrogen-bond donors (Lipinski definition) is 0. The summed E-state index contributed by atoms with van der Waals surface area (Å²) in [4.78, 5) is 10.3. The third kappa shape index (κ3) is 12.5. The predicted molar refractivity (Wildman–Crippen MR) is 176 cm³/mol. The van der Waals surface area contributed by atoms with Gasteiger partial charge in [-0.15, -0.1) is 0 Å². The van der Waals surface area contributed by atoms with Gasteiger partial charge in [0.1, 0.15) is 0 Å². The molecule has 8 heteroatoms. The molecule has 44 heavy (non-hydrogen) atoms. The van der Waals surface area contributed by atoms with Gasteiger partial charge in [0, 0.05) is 78.5 Å². The molecule has 6 aliphatic rings. The lowest BCUT2D eigenvalue weighted by molar-refractivity contribution is 0.0124. The van der Waals surface area contributed by atoms with Gasteiger partial charge in [0.2, 0.25) is 0 Å². The van der Waals surface area contributed by atoms with Crippen LogP contribution in [0.1, 0.15) is 11.1 Å². The predicted octanol–water partition coefficient (Wildman–Crippen LogP) is 3.02. The Balaban J connectivity index is 1.34. The fourth-order valence-electron chi connectivity index (χ4n) is 6.86. The second kappa shape index (κ2) is 19.6. The lowest BCUT2D eigenvalue weighted by Gasteiger charge is -2.34. The zero-order valence-electron chi connectivity index (χ0n) is 26.9. The molecule has 0 unspecified atom stereocenters. The first-order valence-electron chi connectivity index (χ1n) is 17.1. The molecule has 4 bridgehead atoms. The molecule has 2 aromatic carbocycles. The molecule has 0 radical (unpaired) electrons. The van der Waals surface area contributed by atoms with Gasteiger partial charge in [0.05, 0.1) is 52.9 Å². The maximum absolute atomic E-state index is 6.29. The van der Waals surface area contributed by atoms with Gasteiger partial charge in [-0.3, -0.25) is 19.6 Å². The molecule has 6 heterocycles. The summed E-state index contributed by atoms with van der Waals surface area (Å²) in [6.07, 6.45) is 2.12. The van der Waals surface area contributed by atoms with Crippen LogP contribution in [0.5, 0.6) is 0 Å². The van der Waals surface area contributed by atoms with Crippen molar-refractivity contribution in [1.82, 2.24) is 19.6 Å². The molecular weight excluding hydrogens is 552 g/mol. The average Bonchev–Trinajstić information content (AvgIpc) is 3.02. The average molecular weight is 609 g/mol. The zero-order chi connectivity index (χ0) is 30.1. The van der Waals surface area contributed by atoms with Crippen LogP contribution in [0.3, 0.4) is 0 Å².